The normalized spacial score (nSPS) is 17.8. The van der Waals surface area contributed by atoms with Crippen LogP contribution >= 0.6 is 0 Å². The van der Waals surface area contributed by atoms with Gasteiger partial charge < -0.3 is 0 Å². The lowest BCUT2D eigenvalue weighted by Crippen LogP contribution is -2.31. The summed E-state index contributed by atoms with van der Waals surface area (Å²) in [7, 11) is -1.44. The van der Waals surface area contributed by atoms with Gasteiger partial charge >= 0.3 is 0 Å². The Bertz CT molecular complexity index is 638. The Morgan fingerprint density at radius 3 is 2.30 bits per heavy atom. The first-order valence-electron chi connectivity index (χ1n) is 7.43. The van der Waals surface area contributed by atoms with Crippen LogP contribution in [0, 0.1) is 0 Å². The minimum absolute atomic E-state index is 0.573. The Balaban J connectivity index is 1.95. The van der Waals surface area contributed by atoms with Crippen LogP contribution < -0.4 is 0 Å². The van der Waals surface area contributed by atoms with Gasteiger partial charge in [-0.1, -0.05) is 91.5 Å². The molecule has 2 aromatic carbocycles. The Hall–Kier alpha value is -1.60. The minimum atomic E-state index is -1.44. The summed E-state index contributed by atoms with van der Waals surface area (Å²) in [6, 6.07) is 21.1. The average Bonchev–Trinajstić information content (AvgIpc) is 2.78. The van der Waals surface area contributed by atoms with E-state index in [4.69, 9.17) is 0 Å². The van der Waals surface area contributed by atoms with E-state index in [-0.39, 0.29) is 0 Å². The maximum Gasteiger partial charge on any atom is 0.0853 e. The zero-order valence-electron chi connectivity index (χ0n) is 12.6. The van der Waals surface area contributed by atoms with Crippen molar-refractivity contribution in [2.75, 3.05) is 0 Å². The number of hydrogen-bond acceptors (Lipinski definition) is 0. The van der Waals surface area contributed by atoms with Gasteiger partial charge in [-0.15, -0.1) is 0 Å². The van der Waals surface area contributed by atoms with Gasteiger partial charge in [-0.2, -0.15) is 0 Å². The van der Waals surface area contributed by atoms with Crippen molar-refractivity contribution in [1.29, 1.82) is 0 Å². The first kappa shape index (κ1) is 13.4. The standard InChI is InChI=1S/C19H22Si/c1-15-13-19(18-12-8-7-11-17(15)18)20(2,3)14-16-9-5-4-6-10-16/h4-13,15H,14H2,1-3H3. The molecule has 0 saturated heterocycles. The molecule has 0 radical (unpaired) electrons. The fourth-order valence-corrected chi connectivity index (χ4v) is 6.47. The highest BCUT2D eigenvalue weighted by Crippen LogP contribution is 2.41. The summed E-state index contributed by atoms with van der Waals surface area (Å²) in [5, 5.41) is 1.64. The van der Waals surface area contributed by atoms with E-state index in [0.717, 1.165) is 0 Å². The van der Waals surface area contributed by atoms with Gasteiger partial charge in [-0.25, -0.2) is 0 Å². The van der Waals surface area contributed by atoms with E-state index in [1.54, 1.807) is 5.20 Å². The van der Waals surface area contributed by atoms with Gasteiger partial charge in [0.05, 0.1) is 8.07 Å². The number of fused-ring (bicyclic) bond motifs is 1. The largest absolute Gasteiger partial charge is 0.0853 e. The van der Waals surface area contributed by atoms with Gasteiger partial charge in [0.1, 0.15) is 0 Å². The second-order valence-corrected chi connectivity index (χ2v) is 11.2. The van der Waals surface area contributed by atoms with Gasteiger partial charge in [-0.05, 0) is 23.1 Å². The summed E-state index contributed by atoms with van der Waals surface area (Å²) in [6.07, 6.45) is 2.51. The Kier molecular flexibility index (Phi) is 3.39. The molecule has 20 heavy (non-hydrogen) atoms. The topological polar surface area (TPSA) is 0 Å². The van der Waals surface area contributed by atoms with Crippen LogP contribution in [-0.2, 0) is 6.04 Å². The highest BCUT2D eigenvalue weighted by atomic mass is 28.3. The summed E-state index contributed by atoms with van der Waals surface area (Å²) in [5.41, 5.74) is 4.49. The molecule has 0 aliphatic heterocycles. The maximum absolute atomic E-state index is 2.51. The predicted octanol–water partition coefficient (Wildman–Crippen LogP) is 5.22. The highest BCUT2D eigenvalue weighted by molar-refractivity contribution is 6.94. The van der Waals surface area contributed by atoms with Crippen molar-refractivity contribution >= 4 is 13.3 Å². The molecule has 0 heterocycles. The third-order valence-electron chi connectivity index (χ3n) is 4.38. The molecule has 3 rings (SSSR count). The lowest BCUT2D eigenvalue weighted by molar-refractivity contribution is 0.990. The Morgan fingerprint density at radius 2 is 1.55 bits per heavy atom. The van der Waals surface area contributed by atoms with Crippen LogP contribution in [0.25, 0.3) is 5.20 Å². The van der Waals surface area contributed by atoms with E-state index < -0.39 is 8.07 Å². The maximum atomic E-state index is 2.51. The summed E-state index contributed by atoms with van der Waals surface area (Å²) in [6.45, 7) is 7.32. The van der Waals surface area contributed by atoms with Crippen molar-refractivity contribution in [2.45, 2.75) is 32.0 Å². The number of hydrogen-bond donors (Lipinski definition) is 0. The molecule has 0 N–H and O–H groups in total. The molecule has 1 unspecified atom stereocenters. The van der Waals surface area contributed by atoms with Crippen molar-refractivity contribution in [3.05, 3.63) is 77.4 Å². The zero-order chi connectivity index (χ0) is 14.2. The van der Waals surface area contributed by atoms with Crippen LogP contribution in [0.4, 0.5) is 0 Å². The van der Waals surface area contributed by atoms with Crippen LogP contribution in [0.1, 0.15) is 29.5 Å². The summed E-state index contributed by atoms with van der Waals surface area (Å²) >= 11 is 0. The van der Waals surface area contributed by atoms with Gasteiger partial charge in [0, 0.05) is 0 Å². The molecule has 0 fully saturated rings. The molecule has 0 amide bonds. The first-order valence-corrected chi connectivity index (χ1v) is 10.6. The third-order valence-corrected chi connectivity index (χ3v) is 7.56. The molecule has 0 aromatic heterocycles. The van der Waals surface area contributed by atoms with E-state index in [1.165, 1.54) is 22.7 Å². The summed E-state index contributed by atoms with van der Waals surface area (Å²) < 4.78 is 0. The molecular formula is C19H22Si. The van der Waals surface area contributed by atoms with E-state index in [1.807, 2.05) is 0 Å². The van der Waals surface area contributed by atoms with E-state index in [0.29, 0.717) is 5.92 Å². The smallest absolute Gasteiger partial charge is 0.0774 e. The van der Waals surface area contributed by atoms with Gasteiger partial charge in [0.2, 0.25) is 0 Å². The molecule has 1 aliphatic rings. The first-order chi connectivity index (χ1) is 9.58. The van der Waals surface area contributed by atoms with Crippen molar-refractivity contribution in [3.8, 4) is 0 Å². The molecule has 0 nitrogen and oxygen atoms in total. The lowest BCUT2D eigenvalue weighted by atomic mass is 10.0. The number of rotatable bonds is 3. The molecule has 1 atom stereocenters. The van der Waals surface area contributed by atoms with Crippen molar-refractivity contribution in [1.82, 2.24) is 0 Å². The molecule has 0 saturated carbocycles. The van der Waals surface area contributed by atoms with Crippen molar-refractivity contribution in [2.24, 2.45) is 0 Å². The molecule has 102 valence electrons. The minimum Gasteiger partial charge on any atom is -0.0774 e. The second kappa shape index (κ2) is 5.06. The fraction of sp³-hybridized carbons (Fsp3) is 0.263. The summed E-state index contributed by atoms with van der Waals surface area (Å²) in [4.78, 5) is 0. The number of allylic oxidation sites excluding steroid dienone is 1. The van der Waals surface area contributed by atoms with Crippen LogP contribution in [0.15, 0.2) is 60.7 Å². The van der Waals surface area contributed by atoms with Crippen LogP contribution in [0.3, 0.4) is 0 Å². The van der Waals surface area contributed by atoms with E-state index in [9.17, 15) is 0 Å². The van der Waals surface area contributed by atoms with Crippen molar-refractivity contribution in [3.63, 3.8) is 0 Å². The predicted molar refractivity (Wildman–Crippen MR) is 90.5 cm³/mol. The van der Waals surface area contributed by atoms with Gasteiger partial charge in [0.25, 0.3) is 0 Å². The van der Waals surface area contributed by atoms with Crippen LogP contribution in [0.5, 0.6) is 0 Å². The quantitative estimate of drug-likeness (QED) is 0.676. The molecule has 0 spiro atoms. The highest BCUT2D eigenvalue weighted by Gasteiger charge is 2.32. The Labute approximate surface area is 123 Å². The van der Waals surface area contributed by atoms with Crippen molar-refractivity contribution < 1.29 is 0 Å². The van der Waals surface area contributed by atoms with Crippen LogP contribution in [-0.4, -0.2) is 8.07 Å². The Morgan fingerprint density at radius 1 is 0.900 bits per heavy atom. The average molecular weight is 278 g/mol. The molecule has 0 bridgehead atoms. The summed E-state index contributed by atoms with van der Waals surface area (Å²) in [5.74, 6) is 0.573. The zero-order valence-corrected chi connectivity index (χ0v) is 13.6. The monoisotopic (exact) mass is 278 g/mol. The molecule has 1 aliphatic carbocycles. The molecular weight excluding hydrogens is 256 g/mol. The van der Waals surface area contributed by atoms with Gasteiger partial charge in [-0.3, -0.25) is 0 Å². The second-order valence-electron chi connectivity index (χ2n) is 6.50. The number of benzene rings is 2. The van der Waals surface area contributed by atoms with Gasteiger partial charge in [0.15, 0.2) is 0 Å². The third kappa shape index (κ3) is 2.38. The lowest BCUT2D eigenvalue weighted by Gasteiger charge is -2.25. The van der Waals surface area contributed by atoms with E-state index in [2.05, 4.69) is 80.7 Å². The SMILES string of the molecule is CC1C=C([Si](C)(C)Cc2ccccc2)c2ccccc21. The van der Waals surface area contributed by atoms with Crippen LogP contribution in [0.2, 0.25) is 13.1 Å². The molecule has 1 heteroatoms. The molecule has 2 aromatic rings. The van der Waals surface area contributed by atoms with E-state index >= 15 is 0 Å². The fourth-order valence-electron chi connectivity index (χ4n) is 3.36.